The Kier molecular flexibility index (Phi) is 6.19. The van der Waals surface area contributed by atoms with Gasteiger partial charge in [-0.3, -0.25) is 4.79 Å². The summed E-state index contributed by atoms with van der Waals surface area (Å²) < 4.78 is 5.63. The van der Waals surface area contributed by atoms with Crippen LogP contribution in [0.5, 0.6) is 5.75 Å². The largest absolute Gasteiger partial charge is 0.480 e. The molecule has 3 rings (SSSR count). The molecule has 4 nitrogen and oxygen atoms in total. The van der Waals surface area contributed by atoms with E-state index >= 15 is 0 Å². The van der Waals surface area contributed by atoms with Crippen LogP contribution in [0.2, 0.25) is 5.02 Å². The van der Waals surface area contributed by atoms with Crippen LogP contribution in [-0.4, -0.2) is 12.5 Å². The number of benzene rings is 3. The molecule has 0 aliphatic carbocycles. The van der Waals surface area contributed by atoms with Gasteiger partial charge in [0.2, 0.25) is 0 Å². The van der Waals surface area contributed by atoms with Crippen molar-refractivity contribution in [3.63, 3.8) is 0 Å². The number of fused-ring (bicyclic) bond motifs is 1. The summed E-state index contributed by atoms with van der Waals surface area (Å²) in [6.07, 6.45) is 6.82. The van der Waals surface area contributed by atoms with Crippen molar-refractivity contribution < 1.29 is 9.53 Å². The Morgan fingerprint density at radius 2 is 2.03 bits per heavy atom. The lowest BCUT2D eigenvalue weighted by molar-refractivity contribution is -0.112. The van der Waals surface area contributed by atoms with Gasteiger partial charge in [0.05, 0.1) is 0 Å². The summed E-state index contributed by atoms with van der Waals surface area (Å²) in [6, 6.07) is 18.4. The van der Waals surface area contributed by atoms with Crippen LogP contribution in [0.3, 0.4) is 0 Å². The van der Waals surface area contributed by atoms with E-state index in [4.69, 9.17) is 22.8 Å². The van der Waals surface area contributed by atoms with Crippen LogP contribution < -0.4 is 10.1 Å². The summed E-state index contributed by atoms with van der Waals surface area (Å²) in [7, 11) is 0. The van der Waals surface area contributed by atoms with Gasteiger partial charge in [0.1, 0.15) is 24.0 Å². The molecule has 0 spiro atoms. The number of terminal acetylenes is 1. The topological polar surface area (TPSA) is 62.1 Å². The van der Waals surface area contributed by atoms with Gasteiger partial charge in [-0.2, -0.15) is 5.26 Å². The molecule has 0 bridgehead atoms. The van der Waals surface area contributed by atoms with Crippen LogP contribution in [0, 0.1) is 30.6 Å². The number of hydrogen-bond donors (Lipinski definition) is 1. The van der Waals surface area contributed by atoms with Gasteiger partial charge in [0.25, 0.3) is 5.91 Å². The molecule has 3 aromatic rings. The molecule has 1 amide bonds. The fraction of sp³-hybridized carbons (Fsp3) is 0.0833. The monoisotopic (exact) mass is 400 g/mol. The molecule has 0 heterocycles. The molecule has 142 valence electrons. The molecule has 0 aromatic heterocycles. The first-order valence-electron chi connectivity index (χ1n) is 8.81. The molecule has 0 radical (unpaired) electrons. The predicted octanol–water partition coefficient (Wildman–Crippen LogP) is 5.36. The highest BCUT2D eigenvalue weighted by Gasteiger charge is 2.14. The zero-order chi connectivity index (χ0) is 20.8. The van der Waals surface area contributed by atoms with Crippen molar-refractivity contribution in [1.82, 2.24) is 0 Å². The molecule has 1 N–H and O–H groups in total. The lowest BCUT2D eigenvalue weighted by Gasteiger charge is -2.11. The molecule has 0 aliphatic heterocycles. The number of nitrogens with one attached hydrogen (secondary N) is 1. The number of ether oxygens (including phenoxy) is 1. The molecule has 0 atom stereocenters. The molecule has 0 saturated heterocycles. The van der Waals surface area contributed by atoms with Crippen molar-refractivity contribution in [2.75, 3.05) is 11.9 Å². The summed E-state index contributed by atoms with van der Waals surface area (Å²) in [5.74, 6) is 2.39. The SMILES string of the molecule is C#CCOc1ccc2ccccc2c1/C=C(\C#N)C(=O)Nc1ccc(C)c(Cl)c1. The molecule has 5 heteroatoms. The van der Waals surface area contributed by atoms with Gasteiger partial charge < -0.3 is 10.1 Å². The van der Waals surface area contributed by atoms with E-state index in [1.165, 1.54) is 6.08 Å². The van der Waals surface area contributed by atoms with Crippen molar-refractivity contribution >= 4 is 40.0 Å². The fourth-order valence-corrected chi connectivity index (χ4v) is 3.01. The van der Waals surface area contributed by atoms with Crippen LogP contribution in [-0.2, 0) is 4.79 Å². The highest BCUT2D eigenvalue weighted by atomic mass is 35.5. The Hall–Kier alpha value is -3.73. The normalized spacial score (nSPS) is 10.8. The van der Waals surface area contributed by atoms with E-state index in [1.807, 2.05) is 43.3 Å². The van der Waals surface area contributed by atoms with E-state index in [1.54, 1.807) is 24.3 Å². The first-order chi connectivity index (χ1) is 14.0. The van der Waals surface area contributed by atoms with Crippen LogP contribution >= 0.6 is 11.6 Å². The Bertz CT molecular complexity index is 1200. The van der Waals surface area contributed by atoms with Crippen LogP contribution in [0.4, 0.5) is 5.69 Å². The number of carbonyl (C=O) groups excluding carboxylic acids is 1. The molecular formula is C24H17ClN2O2. The summed E-state index contributed by atoms with van der Waals surface area (Å²) in [6.45, 7) is 1.95. The van der Waals surface area contributed by atoms with Gasteiger partial charge in [-0.15, -0.1) is 6.42 Å². The van der Waals surface area contributed by atoms with Gasteiger partial charge in [-0.25, -0.2) is 0 Å². The Balaban J connectivity index is 2.02. The quantitative estimate of drug-likeness (QED) is 0.356. The highest BCUT2D eigenvalue weighted by Crippen LogP contribution is 2.30. The number of hydrogen-bond acceptors (Lipinski definition) is 3. The molecule has 0 aliphatic rings. The summed E-state index contributed by atoms with van der Waals surface area (Å²) >= 11 is 6.11. The second kappa shape index (κ2) is 8.97. The average Bonchev–Trinajstić information content (AvgIpc) is 2.73. The first-order valence-corrected chi connectivity index (χ1v) is 9.18. The van der Waals surface area contributed by atoms with Gasteiger partial charge >= 0.3 is 0 Å². The number of halogens is 1. The molecule has 3 aromatic carbocycles. The number of carbonyl (C=O) groups is 1. The van der Waals surface area contributed by atoms with Crippen LogP contribution in [0.25, 0.3) is 16.8 Å². The third-order valence-corrected chi connectivity index (χ3v) is 4.73. The molecule has 0 fully saturated rings. The van der Waals surface area contributed by atoms with E-state index in [2.05, 4.69) is 11.2 Å². The summed E-state index contributed by atoms with van der Waals surface area (Å²) in [5, 5.41) is 14.6. The van der Waals surface area contributed by atoms with Crippen molar-refractivity contribution in [2.24, 2.45) is 0 Å². The predicted molar refractivity (Wildman–Crippen MR) is 117 cm³/mol. The Morgan fingerprint density at radius 1 is 1.24 bits per heavy atom. The van der Waals surface area contributed by atoms with E-state index in [0.717, 1.165) is 16.3 Å². The summed E-state index contributed by atoms with van der Waals surface area (Å²) in [4.78, 5) is 12.7. The number of anilines is 1. The summed E-state index contributed by atoms with van der Waals surface area (Å²) in [5.41, 5.74) is 1.95. The minimum absolute atomic E-state index is 0.0661. The Morgan fingerprint density at radius 3 is 2.76 bits per heavy atom. The maximum Gasteiger partial charge on any atom is 0.266 e. The van der Waals surface area contributed by atoms with E-state index in [9.17, 15) is 10.1 Å². The third kappa shape index (κ3) is 4.58. The number of aryl methyl sites for hydroxylation is 1. The van der Waals surface area contributed by atoms with E-state index in [0.29, 0.717) is 22.0 Å². The number of rotatable bonds is 5. The molecular weight excluding hydrogens is 384 g/mol. The van der Waals surface area contributed by atoms with Gasteiger partial charge in [-0.05, 0) is 47.5 Å². The molecule has 0 saturated carbocycles. The zero-order valence-corrected chi connectivity index (χ0v) is 16.5. The lowest BCUT2D eigenvalue weighted by Crippen LogP contribution is -2.13. The van der Waals surface area contributed by atoms with Crippen molar-refractivity contribution in [3.8, 4) is 24.2 Å². The molecule has 29 heavy (non-hydrogen) atoms. The minimum Gasteiger partial charge on any atom is -0.480 e. The van der Waals surface area contributed by atoms with Gasteiger partial charge in [0.15, 0.2) is 0 Å². The fourth-order valence-electron chi connectivity index (χ4n) is 2.83. The lowest BCUT2D eigenvalue weighted by atomic mass is 10.0. The van der Waals surface area contributed by atoms with E-state index in [-0.39, 0.29) is 12.2 Å². The number of nitriles is 1. The number of amides is 1. The second-order valence-corrected chi connectivity index (χ2v) is 6.69. The average molecular weight is 401 g/mol. The number of nitrogens with zero attached hydrogens (tertiary/aromatic N) is 1. The Labute approximate surface area is 174 Å². The smallest absolute Gasteiger partial charge is 0.266 e. The van der Waals surface area contributed by atoms with Gasteiger partial charge in [0, 0.05) is 16.3 Å². The minimum atomic E-state index is -0.539. The second-order valence-electron chi connectivity index (χ2n) is 6.28. The zero-order valence-electron chi connectivity index (χ0n) is 15.7. The van der Waals surface area contributed by atoms with Crippen LogP contribution in [0.1, 0.15) is 11.1 Å². The van der Waals surface area contributed by atoms with Gasteiger partial charge in [-0.1, -0.05) is 53.9 Å². The molecule has 0 unspecified atom stereocenters. The maximum atomic E-state index is 12.7. The first kappa shape index (κ1) is 20.0. The third-order valence-electron chi connectivity index (χ3n) is 4.33. The van der Waals surface area contributed by atoms with E-state index < -0.39 is 5.91 Å². The maximum absolute atomic E-state index is 12.7. The van der Waals surface area contributed by atoms with Crippen LogP contribution in [0.15, 0.2) is 60.2 Å². The van der Waals surface area contributed by atoms with Crippen molar-refractivity contribution in [3.05, 3.63) is 76.3 Å². The van der Waals surface area contributed by atoms with Crippen molar-refractivity contribution in [1.29, 1.82) is 5.26 Å². The highest BCUT2D eigenvalue weighted by molar-refractivity contribution is 6.31. The standard InChI is InChI=1S/C24H17ClN2O2/c1-3-12-29-23-11-9-17-6-4-5-7-20(17)21(23)13-18(15-26)24(28)27-19-10-8-16(2)22(25)14-19/h1,4-11,13-14H,12H2,2H3,(H,27,28)/b18-13+. The van der Waals surface area contributed by atoms with Crippen molar-refractivity contribution in [2.45, 2.75) is 6.92 Å².